The van der Waals surface area contributed by atoms with E-state index in [1.54, 1.807) is 36.4 Å². The summed E-state index contributed by atoms with van der Waals surface area (Å²) in [5.41, 5.74) is 0.420. The van der Waals surface area contributed by atoms with Gasteiger partial charge in [0.25, 0.3) is 21.9 Å². The molecule has 0 bridgehead atoms. The second-order valence-corrected chi connectivity index (χ2v) is 12.4. The lowest BCUT2D eigenvalue weighted by atomic mass is 9.95. The molecule has 4 rings (SSSR count). The highest BCUT2D eigenvalue weighted by molar-refractivity contribution is 7.92. The number of anilines is 1. The van der Waals surface area contributed by atoms with Crippen LogP contribution in [0.15, 0.2) is 71.6 Å². The predicted molar refractivity (Wildman–Crippen MR) is 169 cm³/mol. The van der Waals surface area contributed by atoms with Gasteiger partial charge in [-0.25, -0.2) is 8.42 Å². The summed E-state index contributed by atoms with van der Waals surface area (Å²) < 4.78 is 34.5. The van der Waals surface area contributed by atoms with Gasteiger partial charge in [0, 0.05) is 24.1 Å². The van der Waals surface area contributed by atoms with Crippen LogP contribution in [0, 0.1) is 5.92 Å². The van der Waals surface area contributed by atoms with Crippen LogP contribution in [0.2, 0.25) is 10.0 Å². The van der Waals surface area contributed by atoms with Gasteiger partial charge in [-0.05, 0) is 92.9 Å². The van der Waals surface area contributed by atoms with Crippen molar-refractivity contribution in [3.63, 3.8) is 0 Å². The SMILES string of the molecule is CC(=O)O.O=C(CNC(=O)c1ccc(S(=O)(=O)Nc2ccccc2Oc2ccc(Cl)cc2Cl)cc1)NCCC1CCNCC1. The number of hydrogen-bond acceptors (Lipinski definition) is 7. The number of aliphatic carboxylic acids is 1. The standard InChI is InChI=1S/C28H30Cl2N4O5S.C2H4O2/c29-21-7-10-25(23(30)17-21)39-26-4-2-1-3-24(26)34-40(37,38)22-8-5-20(6-9-22)28(36)33-18-27(35)32-16-13-19-11-14-31-15-12-19;1-2(3)4/h1-10,17,19,31,34H,11-16,18H2,(H,32,35)(H,33,36);1H3,(H,3,4). The van der Waals surface area contributed by atoms with Crippen molar-refractivity contribution in [3.8, 4) is 11.5 Å². The van der Waals surface area contributed by atoms with Gasteiger partial charge in [-0.15, -0.1) is 0 Å². The lowest BCUT2D eigenvalue weighted by Gasteiger charge is -2.22. The van der Waals surface area contributed by atoms with Crippen LogP contribution < -0.4 is 25.4 Å². The first-order valence-electron chi connectivity index (χ1n) is 13.7. The minimum atomic E-state index is -4.02. The first-order valence-corrected chi connectivity index (χ1v) is 16.0. The molecule has 11 nitrogen and oxygen atoms in total. The van der Waals surface area contributed by atoms with Gasteiger partial charge >= 0.3 is 0 Å². The summed E-state index contributed by atoms with van der Waals surface area (Å²) in [5.74, 6) is -0.442. The number of benzene rings is 3. The minimum absolute atomic E-state index is 0.0564. The highest BCUT2D eigenvalue weighted by Gasteiger charge is 2.19. The summed E-state index contributed by atoms with van der Waals surface area (Å²) in [5, 5.41) is 16.8. The van der Waals surface area contributed by atoms with Crippen LogP contribution in [0.25, 0.3) is 0 Å². The van der Waals surface area contributed by atoms with Gasteiger partial charge < -0.3 is 25.8 Å². The molecule has 0 spiro atoms. The summed E-state index contributed by atoms with van der Waals surface area (Å²) in [6, 6.07) is 16.6. The molecule has 2 amide bonds. The molecule has 0 saturated carbocycles. The van der Waals surface area contributed by atoms with Gasteiger partial charge in [-0.3, -0.25) is 19.1 Å². The average molecular weight is 666 g/mol. The highest BCUT2D eigenvalue weighted by Crippen LogP contribution is 2.35. The summed E-state index contributed by atoms with van der Waals surface area (Å²) in [7, 11) is -4.02. The first kappa shape index (κ1) is 34.6. The normalized spacial score (nSPS) is 13.2. The zero-order valence-corrected chi connectivity index (χ0v) is 26.3. The van der Waals surface area contributed by atoms with Gasteiger partial charge in [0.05, 0.1) is 22.2 Å². The van der Waals surface area contributed by atoms with Crippen LogP contribution in [0.1, 0.15) is 36.5 Å². The number of rotatable bonds is 11. The number of ether oxygens (including phenoxy) is 1. The predicted octanol–water partition coefficient (Wildman–Crippen LogP) is 4.91. The molecule has 0 unspecified atom stereocenters. The van der Waals surface area contributed by atoms with E-state index in [0.717, 1.165) is 39.3 Å². The lowest BCUT2D eigenvalue weighted by molar-refractivity contribution is -0.134. The maximum Gasteiger partial charge on any atom is 0.300 e. The number of sulfonamides is 1. The smallest absolute Gasteiger partial charge is 0.300 e. The Labute approximate surface area is 266 Å². The van der Waals surface area contributed by atoms with Crippen molar-refractivity contribution < 1.29 is 32.6 Å². The summed E-state index contributed by atoms with van der Waals surface area (Å²) in [6.07, 6.45) is 3.12. The molecule has 14 heteroatoms. The molecule has 0 aromatic heterocycles. The maximum atomic E-state index is 13.1. The molecular formula is C30H34Cl2N4O7S. The Balaban J connectivity index is 0.00000124. The number of carboxylic acid groups (broad SMARTS) is 1. The van der Waals surface area contributed by atoms with Crippen LogP contribution in [-0.4, -0.2) is 57.5 Å². The molecule has 5 N–H and O–H groups in total. The zero-order valence-electron chi connectivity index (χ0n) is 23.9. The molecule has 1 fully saturated rings. The van der Waals surface area contributed by atoms with E-state index < -0.39 is 21.9 Å². The van der Waals surface area contributed by atoms with Crippen LogP contribution in [0.3, 0.4) is 0 Å². The largest absolute Gasteiger partial charge is 0.481 e. The summed E-state index contributed by atoms with van der Waals surface area (Å²) >= 11 is 12.1. The van der Waals surface area contributed by atoms with E-state index in [1.807, 2.05) is 0 Å². The molecule has 0 aliphatic carbocycles. The van der Waals surface area contributed by atoms with E-state index in [9.17, 15) is 18.0 Å². The van der Waals surface area contributed by atoms with Crippen molar-refractivity contribution in [2.75, 3.05) is 30.9 Å². The molecule has 1 heterocycles. The number of hydrogen-bond donors (Lipinski definition) is 5. The summed E-state index contributed by atoms with van der Waals surface area (Å²) in [4.78, 5) is 33.5. The van der Waals surface area contributed by atoms with Crippen molar-refractivity contribution in [1.82, 2.24) is 16.0 Å². The van der Waals surface area contributed by atoms with E-state index in [0.29, 0.717) is 23.2 Å². The third kappa shape index (κ3) is 11.3. The van der Waals surface area contributed by atoms with Crippen molar-refractivity contribution in [1.29, 1.82) is 0 Å². The number of para-hydroxylation sites is 2. The quantitative estimate of drug-likeness (QED) is 0.193. The molecule has 236 valence electrons. The first-order chi connectivity index (χ1) is 20.9. The number of carboxylic acids is 1. The number of nitrogens with one attached hydrogen (secondary N) is 4. The molecular weight excluding hydrogens is 631 g/mol. The molecule has 3 aromatic carbocycles. The van der Waals surface area contributed by atoms with E-state index in [4.69, 9.17) is 37.8 Å². The molecule has 3 aromatic rings. The number of piperidine rings is 1. The molecule has 44 heavy (non-hydrogen) atoms. The van der Waals surface area contributed by atoms with E-state index in [2.05, 4.69) is 20.7 Å². The van der Waals surface area contributed by atoms with Crippen LogP contribution in [-0.2, 0) is 19.6 Å². The lowest BCUT2D eigenvalue weighted by Crippen LogP contribution is -2.38. The van der Waals surface area contributed by atoms with E-state index in [1.165, 1.54) is 30.3 Å². The van der Waals surface area contributed by atoms with Crippen molar-refractivity contribution in [2.24, 2.45) is 5.92 Å². The van der Waals surface area contributed by atoms with Crippen molar-refractivity contribution in [3.05, 3.63) is 82.3 Å². The highest BCUT2D eigenvalue weighted by atomic mass is 35.5. The minimum Gasteiger partial charge on any atom is -0.481 e. The zero-order chi connectivity index (χ0) is 32.1. The van der Waals surface area contributed by atoms with Gasteiger partial charge in [-0.2, -0.15) is 0 Å². The van der Waals surface area contributed by atoms with Gasteiger partial charge in [0.1, 0.15) is 5.75 Å². The topological polar surface area (TPSA) is 163 Å². The van der Waals surface area contributed by atoms with Gasteiger partial charge in [0.2, 0.25) is 5.91 Å². The number of carbonyl (C=O) groups is 3. The van der Waals surface area contributed by atoms with Gasteiger partial charge in [-0.1, -0.05) is 35.3 Å². The number of halogens is 2. The molecule has 1 aliphatic heterocycles. The van der Waals surface area contributed by atoms with Gasteiger partial charge in [0.15, 0.2) is 5.75 Å². The Morgan fingerprint density at radius 3 is 2.27 bits per heavy atom. The fraction of sp³-hybridized carbons (Fsp3) is 0.300. The Bertz CT molecular complexity index is 1540. The molecule has 0 atom stereocenters. The second-order valence-electron chi connectivity index (χ2n) is 9.84. The molecule has 1 saturated heterocycles. The summed E-state index contributed by atoms with van der Waals surface area (Å²) in [6.45, 7) is 3.50. The fourth-order valence-electron chi connectivity index (χ4n) is 4.22. The molecule has 1 aliphatic rings. The van der Waals surface area contributed by atoms with E-state index >= 15 is 0 Å². The van der Waals surface area contributed by atoms with E-state index in [-0.39, 0.29) is 39.4 Å². The van der Waals surface area contributed by atoms with Crippen LogP contribution in [0.5, 0.6) is 11.5 Å². The Morgan fingerprint density at radius 1 is 0.955 bits per heavy atom. The Hall–Kier alpha value is -3.84. The van der Waals surface area contributed by atoms with Crippen molar-refractivity contribution in [2.45, 2.75) is 31.1 Å². The van der Waals surface area contributed by atoms with Crippen LogP contribution >= 0.6 is 23.2 Å². The van der Waals surface area contributed by atoms with Crippen molar-refractivity contribution >= 4 is 56.7 Å². The number of amides is 2. The van der Waals surface area contributed by atoms with Crippen LogP contribution in [0.4, 0.5) is 5.69 Å². The Morgan fingerprint density at radius 2 is 1.61 bits per heavy atom. The average Bonchev–Trinajstić information content (AvgIpc) is 2.98. The third-order valence-electron chi connectivity index (χ3n) is 6.42. The number of carbonyl (C=O) groups excluding carboxylic acids is 2. The third-order valence-corrected chi connectivity index (χ3v) is 8.33. The second kappa shape index (κ2) is 16.9. The monoisotopic (exact) mass is 664 g/mol. The Kier molecular flexibility index (Phi) is 13.3. The fourth-order valence-corrected chi connectivity index (χ4v) is 5.73. The maximum absolute atomic E-state index is 13.1. The molecule has 0 radical (unpaired) electrons.